The summed E-state index contributed by atoms with van der Waals surface area (Å²) in [6, 6.07) is 7.55. The van der Waals surface area contributed by atoms with E-state index in [9.17, 15) is 14.4 Å². The highest BCUT2D eigenvalue weighted by molar-refractivity contribution is 5.97. The molecule has 0 aliphatic carbocycles. The lowest BCUT2D eigenvalue weighted by Gasteiger charge is -2.30. The topological polar surface area (TPSA) is 113 Å². The number of imide groups is 1. The molecule has 7 nitrogen and oxygen atoms in total. The molecule has 0 bridgehead atoms. The van der Waals surface area contributed by atoms with Crippen LogP contribution in [0.3, 0.4) is 0 Å². The Kier molecular flexibility index (Phi) is 6.19. The summed E-state index contributed by atoms with van der Waals surface area (Å²) < 4.78 is 0. The van der Waals surface area contributed by atoms with E-state index in [2.05, 4.69) is 0 Å². The van der Waals surface area contributed by atoms with Crippen LogP contribution in [0, 0.1) is 0 Å². The van der Waals surface area contributed by atoms with E-state index >= 15 is 0 Å². The van der Waals surface area contributed by atoms with Crippen molar-refractivity contribution in [2.75, 3.05) is 11.4 Å². The molecule has 0 aromatic heterocycles. The predicted molar refractivity (Wildman–Crippen MR) is 77.8 cm³/mol. The van der Waals surface area contributed by atoms with Crippen molar-refractivity contribution in [2.45, 2.75) is 25.8 Å². The van der Waals surface area contributed by atoms with Crippen molar-refractivity contribution in [1.82, 2.24) is 5.32 Å². The van der Waals surface area contributed by atoms with Gasteiger partial charge in [0.25, 0.3) is 0 Å². The molecule has 0 saturated carbocycles. The first-order chi connectivity index (χ1) is 9.91. The minimum atomic E-state index is -0.912. The number of nitrogens with two attached hydrogens (primary N) is 1. The van der Waals surface area contributed by atoms with Gasteiger partial charge in [-0.1, -0.05) is 18.2 Å². The van der Waals surface area contributed by atoms with Crippen molar-refractivity contribution >= 4 is 23.6 Å². The third-order valence-electron chi connectivity index (χ3n) is 2.97. The summed E-state index contributed by atoms with van der Waals surface area (Å²) in [7, 11) is 0. The fourth-order valence-corrected chi connectivity index (χ4v) is 1.93. The number of carboxylic acid groups (broad SMARTS) is 1. The van der Waals surface area contributed by atoms with E-state index in [-0.39, 0.29) is 6.42 Å². The smallest absolute Gasteiger partial charge is 0.318 e. The molecule has 0 fully saturated rings. The van der Waals surface area contributed by atoms with Gasteiger partial charge in [-0.2, -0.15) is 0 Å². The fourth-order valence-electron chi connectivity index (χ4n) is 1.93. The molecule has 114 valence electrons. The molecule has 0 spiro atoms. The van der Waals surface area contributed by atoms with Crippen LogP contribution in [0.15, 0.2) is 30.3 Å². The van der Waals surface area contributed by atoms with Gasteiger partial charge in [0.1, 0.15) is 6.04 Å². The van der Waals surface area contributed by atoms with Crippen molar-refractivity contribution < 1.29 is 19.5 Å². The average molecular weight is 293 g/mol. The zero-order valence-corrected chi connectivity index (χ0v) is 11.8. The highest BCUT2D eigenvalue weighted by Gasteiger charge is 2.22. The largest absolute Gasteiger partial charge is 0.481 e. The lowest BCUT2D eigenvalue weighted by molar-refractivity contribution is -0.137. The molecule has 0 radical (unpaired) electrons. The molecule has 0 saturated heterocycles. The van der Waals surface area contributed by atoms with Crippen LogP contribution < -0.4 is 16.0 Å². The Balaban J connectivity index is 2.83. The summed E-state index contributed by atoms with van der Waals surface area (Å²) >= 11 is 0. The second-order valence-corrected chi connectivity index (χ2v) is 4.56. The molecule has 1 atom stereocenters. The Morgan fingerprint density at radius 2 is 1.90 bits per heavy atom. The van der Waals surface area contributed by atoms with Gasteiger partial charge in [0.05, 0.1) is 0 Å². The van der Waals surface area contributed by atoms with Gasteiger partial charge in [0.15, 0.2) is 0 Å². The summed E-state index contributed by atoms with van der Waals surface area (Å²) in [6.07, 6.45) is 0.395. The number of carbonyl (C=O) groups is 3. The van der Waals surface area contributed by atoms with Crippen LogP contribution in [0.25, 0.3) is 0 Å². The highest BCUT2D eigenvalue weighted by Crippen LogP contribution is 2.17. The minimum absolute atomic E-state index is 0.00743. The average Bonchev–Trinajstić information content (AvgIpc) is 2.43. The van der Waals surface area contributed by atoms with Crippen LogP contribution >= 0.6 is 0 Å². The first-order valence-electron chi connectivity index (χ1n) is 6.55. The standard InChI is InChI=1S/C14H19N3O4/c1-10(13(20)16-14(15)21)17(9-5-8-12(18)19)11-6-3-2-4-7-11/h2-4,6-7,10H,5,8-9H2,1H3,(H,18,19)(H3,15,16,20,21). The van der Waals surface area contributed by atoms with E-state index in [1.807, 2.05) is 35.6 Å². The maximum atomic E-state index is 11.9. The number of nitrogens with zero attached hydrogens (tertiary/aromatic N) is 1. The Bertz CT molecular complexity index is 504. The van der Waals surface area contributed by atoms with Crippen LogP contribution in [0.5, 0.6) is 0 Å². The zero-order valence-electron chi connectivity index (χ0n) is 11.8. The summed E-state index contributed by atoms with van der Waals surface area (Å²) in [4.78, 5) is 35.0. The predicted octanol–water partition coefficient (Wildman–Crippen LogP) is 0.941. The number of nitrogens with one attached hydrogen (secondary N) is 1. The normalized spacial score (nSPS) is 11.5. The van der Waals surface area contributed by atoms with Gasteiger partial charge in [0, 0.05) is 18.7 Å². The van der Waals surface area contributed by atoms with Crippen molar-refractivity contribution in [2.24, 2.45) is 5.73 Å². The SMILES string of the molecule is CC(C(=O)NC(N)=O)N(CCCC(=O)O)c1ccccc1. The minimum Gasteiger partial charge on any atom is -0.481 e. The second-order valence-electron chi connectivity index (χ2n) is 4.56. The number of amides is 3. The van der Waals surface area contributed by atoms with Crippen LogP contribution in [-0.2, 0) is 9.59 Å². The molecule has 21 heavy (non-hydrogen) atoms. The Morgan fingerprint density at radius 1 is 1.29 bits per heavy atom. The van der Waals surface area contributed by atoms with Gasteiger partial charge in [0.2, 0.25) is 5.91 Å². The van der Waals surface area contributed by atoms with Gasteiger partial charge < -0.3 is 15.7 Å². The molecule has 3 amide bonds. The maximum absolute atomic E-state index is 11.9. The summed E-state index contributed by atoms with van der Waals surface area (Å²) in [5.74, 6) is -1.42. The van der Waals surface area contributed by atoms with Gasteiger partial charge in [-0.05, 0) is 25.5 Å². The van der Waals surface area contributed by atoms with E-state index in [0.29, 0.717) is 13.0 Å². The Hall–Kier alpha value is -2.57. The molecule has 0 aliphatic rings. The third kappa shape index (κ3) is 5.52. The fraction of sp³-hybridized carbons (Fsp3) is 0.357. The van der Waals surface area contributed by atoms with E-state index < -0.39 is 23.9 Å². The first-order valence-corrected chi connectivity index (χ1v) is 6.55. The second kappa shape index (κ2) is 7.88. The summed E-state index contributed by atoms with van der Waals surface area (Å²) in [5.41, 5.74) is 5.72. The molecule has 0 aliphatic heterocycles. The van der Waals surface area contributed by atoms with E-state index in [0.717, 1.165) is 5.69 Å². The maximum Gasteiger partial charge on any atom is 0.318 e. The summed E-state index contributed by atoms with van der Waals surface area (Å²) in [5, 5.41) is 10.7. The Morgan fingerprint density at radius 3 is 2.43 bits per heavy atom. The van der Waals surface area contributed by atoms with E-state index in [4.69, 9.17) is 10.8 Å². The van der Waals surface area contributed by atoms with E-state index in [1.165, 1.54) is 0 Å². The lowest BCUT2D eigenvalue weighted by atomic mass is 10.1. The molecule has 1 unspecified atom stereocenters. The molecule has 4 N–H and O–H groups in total. The van der Waals surface area contributed by atoms with Crippen molar-refractivity contribution in [1.29, 1.82) is 0 Å². The number of carboxylic acids is 1. The van der Waals surface area contributed by atoms with Crippen molar-refractivity contribution in [3.8, 4) is 0 Å². The number of hydrogen-bond acceptors (Lipinski definition) is 4. The lowest BCUT2D eigenvalue weighted by Crippen LogP contribution is -2.49. The quantitative estimate of drug-likeness (QED) is 0.692. The molecule has 7 heteroatoms. The van der Waals surface area contributed by atoms with Crippen LogP contribution in [0.1, 0.15) is 19.8 Å². The highest BCUT2D eigenvalue weighted by atomic mass is 16.4. The molecular weight excluding hydrogens is 274 g/mol. The number of anilines is 1. The number of carbonyl (C=O) groups excluding carboxylic acids is 2. The van der Waals surface area contributed by atoms with Crippen LogP contribution in [0.2, 0.25) is 0 Å². The summed E-state index contributed by atoms with van der Waals surface area (Å²) in [6.45, 7) is 2.01. The van der Waals surface area contributed by atoms with Gasteiger partial charge >= 0.3 is 12.0 Å². The molecule has 1 aromatic rings. The van der Waals surface area contributed by atoms with Crippen LogP contribution in [-0.4, -0.2) is 35.6 Å². The number of urea groups is 1. The molecular formula is C14H19N3O4. The van der Waals surface area contributed by atoms with Gasteiger partial charge in [-0.3, -0.25) is 14.9 Å². The monoisotopic (exact) mass is 293 g/mol. The number of rotatable bonds is 7. The number of primary amides is 1. The third-order valence-corrected chi connectivity index (χ3v) is 2.97. The van der Waals surface area contributed by atoms with Gasteiger partial charge in [-0.25, -0.2) is 4.79 Å². The van der Waals surface area contributed by atoms with Crippen molar-refractivity contribution in [3.05, 3.63) is 30.3 Å². The number of benzene rings is 1. The number of para-hydroxylation sites is 1. The molecule has 1 aromatic carbocycles. The van der Waals surface area contributed by atoms with E-state index in [1.54, 1.807) is 11.8 Å². The van der Waals surface area contributed by atoms with Crippen molar-refractivity contribution in [3.63, 3.8) is 0 Å². The first kappa shape index (κ1) is 16.5. The molecule has 1 rings (SSSR count). The Labute approximate surface area is 122 Å². The number of aliphatic carboxylic acids is 1. The zero-order chi connectivity index (χ0) is 15.8. The van der Waals surface area contributed by atoms with Gasteiger partial charge in [-0.15, -0.1) is 0 Å². The number of hydrogen-bond donors (Lipinski definition) is 3. The molecule has 0 heterocycles. The van der Waals surface area contributed by atoms with Crippen LogP contribution in [0.4, 0.5) is 10.5 Å².